The van der Waals surface area contributed by atoms with Crippen LogP contribution in [0.5, 0.6) is 0 Å². The summed E-state index contributed by atoms with van der Waals surface area (Å²) in [6, 6.07) is 45.4. The Hall–Kier alpha value is -4.62. The molecule has 1 heteroatoms. The minimum atomic E-state index is 0.925. The first-order chi connectivity index (χ1) is 17.4. The van der Waals surface area contributed by atoms with Crippen LogP contribution in [0.15, 0.2) is 138 Å². The zero-order valence-corrected chi connectivity index (χ0v) is 19.1. The summed E-state index contributed by atoms with van der Waals surface area (Å²) in [4.78, 5) is 0. The average molecular weight is 447 g/mol. The third-order valence-electron chi connectivity index (χ3n) is 6.92. The molecule has 0 radical (unpaired) electrons. The number of hydrogen-bond acceptors (Lipinski definition) is 1. The van der Waals surface area contributed by atoms with E-state index in [1.54, 1.807) is 6.26 Å². The molecule has 35 heavy (non-hydrogen) atoms. The van der Waals surface area contributed by atoms with Gasteiger partial charge in [0.05, 0.1) is 6.26 Å². The summed E-state index contributed by atoms with van der Waals surface area (Å²) in [5, 5.41) is 6.15. The molecule has 0 N–H and O–H groups in total. The monoisotopic (exact) mass is 446 g/mol. The number of furan rings is 1. The molecule has 1 heterocycles. The van der Waals surface area contributed by atoms with Crippen LogP contribution >= 0.6 is 0 Å². The third-order valence-corrected chi connectivity index (χ3v) is 6.92. The van der Waals surface area contributed by atoms with Crippen LogP contribution in [0.1, 0.15) is 0 Å². The lowest BCUT2D eigenvalue weighted by molar-refractivity contribution is 0.617. The SMILES string of the molecule is c1ccc(-c2c3ccccc3c(-c3cc(-c4ccccc4)c4occc4c3)c3ccccc23)cc1. The largest absolute Gasteiger partial charge is 0.464 e. The van der Waals surface area contributed by atoms with Crippen LogP contribution in [0.3, 0.4) is 0 Å². The smallest absolute Gasteiger partial charge is 0.141 e. The van der Waals surface area contributed by atoms with Gasteiger partial charge in [-0.2, -0.15) is 0 Å². The molecule has 0 bridgehead atoms. The second kappa shape index (κ2) is 8.00. The Labute approximate surface area is 203 Å². The molecule has 0 saturated heterocycles. The second-order valence-electron chi connectivity index (χ2n) is 8.94. The van der Waals surface area contributed by atoms with Crippen molar-refractivity contribution in [3.05, 3.63) is 134 Å². The highest BCUT2D eigenvalue weighted by molar-refractivity contribution is 6.22. The van der Waals surface area contributed by atoms with Crippen molar-refractivity contribution in [3.8, 4) is 33.4 Å². The van der Waals surface area contributed by atoms with Crippen molar-refractivity contribution in [2.24, 2.45) is 0 Å². The first kappa shape index (κ1) is 19.8. The molecule has 0 atom stereocenters. The summed E-state index contributed by atoms with van der Waals surface area (Å²) < 4.78 is 5.95. The maximum absolute atomic E-state index is 5.95. The fourth-order valence-corrected chi connectivity index (χ4v) is 5.41. The van der Waals surface area contributed by atoms with Crippen molar-refractivity contribution in [1.29, 1.82) is 0 Å². The van der Waals surface area contributed by atoms with Crippen molar-refractivity contribution in [1.82, 2.24) is 0 Å². The van der Waals surface area contributed by atoms with Crippen molar-refractivity contribution >= 4 is 32.5 Å². The highest BCUT2D eigenvalue weighted by Gasteiger charge is 2.18. The fraction of sp³-hybridized carbons (Fsp3) is 0. The zero-order valence-electron chi connectivity index (χ0n) is 19.1. The van der Waals surface area contributed by atoms with E-state index >= 15 is 0 Å². The lowest BCUT2D eigenvalue weighted by Crippen LogP contribution is -1.91. The summed E-state index contributed by atoms with van der Waals surface area (Å²) in [7, 11) is 0. The number of rotatable bonds is 3. The van der Waals surface area contributed by atoms with Gasteiger partial charge in [0.15, 0.2) is 0 Å². The molecular formula is C34H22O. The molecule has 1 nitrogen and oxygen atoms in total. The van der Waals surface area contributed by atoms with Gasteiger partial charge in [0.1, 0.15) is 5.58 Å². The summed E-state index contributed by atoms with van der Waals surface area (Å²) in [6.45, 7) is 0. The molecule has 0 aliphatic rings. The standard InChI is InChI=1S/C34H22O/c1-3-11-23(12-4-1)31-22-26(21-25-19-20-35-34(25)31)33-29-17-9-7-15-27(29)32(24-13-5-2-6-14-24)28-16-8-10-18-30(28)33/h1-22H. The van der Waals surface area contributed by atoms with Gasteiger partial charge in [-0.15, -0.1) is 0 Å². The van der Waals surface area contributed by atoms with Crippen LogP contribution in [0, 0.1) is 0 Å². The summed E-state index contributed by atoms with van der Waals surface area (Å²) in [5.41, 5.74) is 8.18. The predicted octanol–water partition coefficient (Wildman–Crippen LogP) is 9.74. The highest BCUT2D eigenvalue weighted by atomic mass is 16.3. The Morgan fingerprint density at radius 1 is 0.400 bits per heavy atom. The van der Waals surface area contributed by atoms with Gasteiger partial charge in [-0.05, 0) is 67.6 Å². The van der Waals surface area contributed by atoms with Crippen LogP contribution in [0.25, 0.3) is 65.9 Å². The molecule has 0 unspecified atom stereocenters. The van der Waals surface area contributed by atoms with Gasteiger partial charge < -0.3 is 4.42 Å². The Kier molecular flexibility index (Phi) is 4.53. The van der Waals surface area contributed by atoms with Gasteiger partial charge >= 0.3 is 0 Å². The van der Waals surface area contributed by atoms with Gasteiger partial charge in [-0.3, -0.25) is 0 Å². The Morgan fingerprint density at radius 3 is 1.46 bits per heavy atom. The number of fused-ring (bicyclic) bond motifs is 3. The van der Waals surface area contributed by atoms with Crippen molar-refractivity contribution in [3.63, 3.8) is 0 Å². The van der Waals surface area contributed by atoms with E-state index in [0.717, 1.165) is 22.1 Å². The average Bonchev–Trinajstić information content (AvgIpc) is 3.41. The molecule has 0 amide bonds. The fourth-order valence-electron chi connectivity index (χ4n) is 5.41. The predicted molar refractivity (Wildman–Crippen MR) is 148 cm³/mol. The molecular weight excluding hydrogens is 424 g/mol. The topological polar surface area (TPSA) is 13.1 Å². The zero-order chi connectivity index (χ0) is 23.2. The molecule has 0 saturated carbocycles. The second-order valence-corrected chi connectivity index (χ2v) is 8.94. The van der Waals surface area contributed by atoms with E-state index in [9.17, 15) is 0 Å². The Bertz CT molecular complexity index is 1770. The third kappa shape index (κ3) is 3.17. The van der Waals surface area contributed by atoms with Gasteiger partial charge in [0.2, 0.25) is 0 Å². The maximum atomic E-state index is 5.95. The van der Waals surface area contributed by atoms with E-state index in [4.69, 9.17) is 4.42 Å². The molecule has 0 fully saturated rings. The van der Waals surface area contributed by atoms with Gasteiger partial charge in [0, 0.05) is 10.9 Å². The molecule has 164 valence electrons. The molecule has 0 aliphatic heterocycles. The van der Waals surface area contributed by atoms with Gasteiger partial charge in [0.25, 0.3) is 0 Å². The van der Waals surface area contributed by atoms with Crippen molar-refractivity contribution in [2.45, 2.75) is 0 Å². The normalized spacial score (nSPS) is 11.4. The summed E-state index contributed by atoms with van der Waals surface area (Å²) in [6.07, 6.45) is 1.79. The van der Waals surface area contributed by atoms with E-state index in [1.807, 2.05) is 0 Å². The highest BCUT2D eigenvalue weighted by Crippen LogP contribution is 2.45. The molecule has 6 aromatic carbocycles. The minimum absolute atomic E-state index is 0.925. The minimum Gasteiger partial charge on any atom is -0.464 e. The molecule has 1 aromatic heterocycles. The van der Waals surface area contributed by atoms with Gasteiger partial charge in [-0.1, -0.05) is 109 Å². The summed E-state index contributed by atoms with van der Waals surface area (Å²) >= 11 is 0. The first-order valence-electron chi connectivity index (χ1n) is 11.9. The molecule has 0 spiro atoms. The lowest BCUT2D eigenvalue weighted by Gasteiger charge is -2.18. The Morgan fingerprint density at radius 2 is 0.886 bits per heavy atom. The summed E-state index contributed by atoms with van der Waals surface area (Å²) in [5.74, 6) is 0. The van der Waals surface area contributed by atoms with Crippen LogP contribution in [-0.2, 0) is 0 Å². The first-order valence-corrected chi connectivity index (χ1v) is 11.9. The van der Waals surface area contributed by atoms with Crippen LogP contribution < -0.4 is 0 Å². The molecule has 7 rings (SSSR count). The number of hydrogen-bond donors (Lipinski definition) is 0. The van der Waals surface area contributed by atoms with Gasteiger partial charge in [-0.25, -0.2) is 0 Å². The lowest BCUT2D eigenvalue weighted by atomic mass is 9.85. The molecule has 0 aliphatic carbocycles. The van der Waals surface area contributed by atoms with E-state index in [0.29, 0.717) is 0 Å². The Balaban J connectivity index is 1.63. The van der Waals surface area contributed by atoms with Crippen LogP contribution in [0.2, 0.25) is 0 Å². The van der Waals surface area contributed by atoms with E-state index in [1.165, 1.54) is 43.8 Å². The maximum Gasteiger partial charge on any atom is 0.141 e. The van der Waals surface area contributed by atoms with E-state index in [2.05, 4.69) is 127 Å². The van der Waals surface area contributed by atoms with Crippen LogP contribution in [0.4, 0.5) is 0 Å². The van der Waals surface area contributed by atoms with Crippen LogP contribution in [-0.4, -0.2) is 0 Å². The van der Waals surface area contributed by atoms with Crippen molar-refractivity contribution in [2.75, 3.05) is 0 Å². The molecule has 7 aromatic rings. The number of benzene rings is 6. The van der Waals surface area contributed by atoms with Crippen molar-refractivity contribution < 1.29 is 4.42 Å². The van der Waals surface area contributed by atoms with E-state index in [-0.39, 0.29) is 0 Å². The quantitative estimate of drug-likeness (QED) is 0.246. The van der Waals surface area contributed by atoms with E-state index < -0.39 is 0 Å².